The summed E-state index contributed by atoms with van der Waals surface area (Å²) >= 11 is 9.97. The van der Waals surface area contributed by atoms with Crippen LogP contribution in [0.3, 0.4) is 0 Å². The number of sulfone groups is 1. The molecule has 0 bridgehead atoms. The van der Waals surface area contributed by atoms with Crippen molar-refractivity contribution < 1.29 is 8.42 Å². The molecule has 0 saturated carbocycles. The number of hydrogen-bond acceptors (Lipinski definition) is 2. The van der Waals surface area contributed by atoms with Crippen molar-refractivity contribution >= 4 is 33.0 Å². The predicted molar refractivity (Wildman–Crippen MR) is 38.9 cm³/mol. The fourth-order valence-electron chi connectivity index (χ4n) is 0.189. The SMILES string of the molecule is O=S(=O)(C=CCl)C=CCl. The smallest absolute Gasteiger partial charge is 0.194 e. The summed E-state index contributed by atoms with van der Waals surface area (Å²) in [6.07, 6.45) is 0. The summed E-state index contributed by atoms with van der Waals surface area (Å²) in [5.41, 5.74) is 1.82. The van der Waals surface area contributed by atoms with Crippen LogP contribution in [0.2, 0.25) is 0 Å². The van der Waals surface area contributed by atoms with Gasteiger partial charge in [-0.3, -0.25) is 0 Å². The third-order valence-corrected chi connectivity index (χ3v) is 2.06. The molecule has 52 valence electrons. The maximum absolute atomic E-state index is 10.5. The lowest BCUT2D eigenvalue weighted by molar-refractivity contribution is 0.612. The molecule has 0 aromatic carbocycles. The molecule has 0 fully saturated rings. The first-order valence-corrected chi connectivity index (χ1v) is 4.39. The summed E-state index contributed by atoms with van der Waals surface area (Å²) in [7, 11) is -3.31. The van der Waals surface area contributed by atoms with Crippen LogP contribution in [0.15, 0.2) is 21.9 Å². The summed E-state index contributed by atoms with van der Waals surface area (Å²) in [6, 6.07) is 0. The van der Waals surface area contributed by atoms with E-state index < -0.39 is 9.84 Å². The minimum absolute atomic E-state index is 0.841. The largest absolute Gasteiger partial charge is 0.220 e. The maximum atomic E-state index is 10.5. The first kappa shape index (κ1) is 9.01. The van der Waals surface area contributed by atoms with E-state index in [1.165, 1.54) is 0 Å². The molecule has 0 amide bonds. The van der Waals surface area contributed by atoms with E-state index in [1.807, 2.05) is 0 Å². The zero-order valence-corrected chi connectivity index (χ0v) is 6.62. The van der Waals surface area contributed by atoms with Crippen LogP contribution < -0.4 is 0 Å². The normalized spacial score (nSPS) is 13.6. The van der Waals surface area contributed by atoms with Crippen molar-refractivity contribution in [3.8, 4) is 0 Å². The molecule has 0 aromatic heterocycles. The van der Waals surface area contributed by atoms with E-state index in [4.69, 9.17) is 23.2 Å². The van der Waals surface area contributed by atoms with E-state index in [1.54, 1.807) is 0 Å². The molecule has 0 spiro atoms. The van der Waals surface area contributed by atoms with Crippen molar-refractivity contribution in [1.29, 1.82) is 0 Å². The number of halogens is 2. The average Bonchev–Trinajstić information content (AvgIpc) is 1.64. The molecule has 0 saturated heterocycles. The van der Waals surface area contributed by atoms with E-state index in [0.29, 0.717) is 0 Å². The second-order valence-electron chi connectivity index (χ2n) is 1.11. The Balaban J connectivity index is 4.42. The standard InChI is InChI=1S/C4H4Cl2O2S/c5-1-3-9(7,8)4-2-6/h1-4H. The Labute approximate surface area is 63.7 Å². The molecule has 0 aliphatic heterocycles. The molecule has 0 aliphatic rings. The van der Waals surface area contributed by atoms with Crippen LogP contribution in [0.25, 0.3) is 0 Å². The van der Waals surface area contributed by atoms with Crippen LogP contribution >= 0.6 is 23.2 Å². The van der Waals surface area contributed by atoms with Gasteiger partial charge in [0.15, 0.2) is 9.84 Å². The molecule has 2 nitrogen and oxygen atoms in total. The first-order valence-electron chi connectivity index (χ1n) is 1.91. The minimum Gasteiger partial charge on any atom is -0.220 e. The van der Waals surface area contributed by atoms with Crippen LogP contribution in [0.4, 0.5) is 0 Å². The molecule has 5 heteroatoms. The van der Waals surface area contributed by atoms with Crippen molar-refractivity contribution in [1.82, 2.24) is 0 Å². The summed E-state index contributed by atoms with van der Waals surface area (Å²) < 4.78 is 21.0. The van der Waals surface area contributed by atoms with Crippen LogP contribution in [-0.4, -0.2) is 8.42 Å². The molecule has 9 heavy (non-hydrogen) atoms. The highest BCUT2D eigenvalue weighted by Crippen LogP contribution is 1.96. The van der Waals surface area contributed by atoms with Gasteiger partial charge in [0, 0.05) is 21.9 Å². The molecular weight excluding hydrogens is 183 g/mol. The van der Waals surface area contributed by atoms with Crippen molar-refractivity contribution in [3.63, 3.8) is 0 Å². The topological polar surface area (TPSA) is 34.1 Å². The number of rotatable bonds is 2. The Morgan fingerprint density at radius 1 is 1.00 bits per heavy atom. The van der Waals surface area contributed by atoms with E-state index in [2.05, 4.69) is 0 Å². The molecule has 0 heterocycles. The summed E-state index contributed by atoms with van der Waals surface area (Å²) in [4.78, 5) is 0. The van der Waals surface area contributed by atoms with Crippen molar-refractivity contribution in [2.24, 2.45) is 0 Å². The van der Waals surface area contributed by atoms with E-state index in [0.717, 1.165) is 21.9 Å². The van der Waals surface area contributed by atoms with Crippen LogP contribution in [-0.2, 0) is 9.84 Å². The van der Waals surface area contributed by atoms with Crippen LogP contribution in [0.5, 0.6) is 0 Å². The van der Waals surface area contributed by atoms with Crippen LogP contribution in [0.1, 0.15) is 0 Å². The Morgan fingerprint density at radius 2 is 1.33 bits per heavy atom. The van der Waals surface area contributed by atoms with Gasteiger partial charge in [-0.25, -0.2) is 8.42 Å². The van der Waals surface area contributed by atoms with Gasteiger partial charge in [0.2, 0.25) is 0 Å². The summed E-state index contributed by atoms with van der Waals surface area (Å²) in [6.45, 7) is 0. The van der Waals surface area contributed by atoms with Crippen molar-refractivity contribution in [2.75, 3.05) is 0 Å². The van der Waals surface area contributed by atoms with Gasteiger partial charge in [-0.2, -0.15) is 0 Å². The molecule has 0 N–H and O–H groups in total. The lowest BCUT2D eigenvalue weighted by atomic mass is 11.2. The van der Waals surface area contributed by atoms with Gasteiger partial charge < -0.3 is 0 Å². The third-order valence-electron chi connectivity index (χ3n) is 0.482. The fraction of sp³-hybridized carbons (Fsp3) is 0. The van der Waals surface area contributed by atoms with Gasteiger partial charge in [0.05, 0.1) is 0 Å². The Bertz CT molecular complexity index is 197. The van der Waals surface area contributed by atoms with Gasteiger partial charge in [-0.15, -0.1) is 0 Å². The highest BCUT2D eigenvalue weighted by Gasteiger charge is 1.95. The maximum Gasteiger partial charge on any atom is 0.194 e. The summed E-state index contributed by atoms with van der Waals surface area (Å²) in [5.74, 6) is 0. The Morgan fingerprint density at radius 3 is 1.56 bits per heavy atom. The highest BCUT2D eigenvalue weighted by molar-refractivity contribution is 7.97. The van der Waals surface area contributed by atoms with Gasteiger partial charge in [-0.05, 0) is 0 Å². The van der Waals surface area contributed by atoms with Crippen LogP contribution in [0, 0.1) is 0 Å². The molecule has 0 aromatic rings. The Hall–Kier alpha value is 0.01000. The molecule has 0 atom stereocenters. The lowest BCUT2D eigenvalue weighted by Crippen LogP contribution is -1.85. The van der Waals surface area contributed by atoms with Crippen molar-refractivity contribution in [2.45, 2.75) is 0 Å². The lowest BCUT2D eigenvalue weighted by Gasteiger charge is -1.81. The van der Waals surface area contributed by atoms with E-state index in [-0.39, 0.29) is 0 Å². The van der Waals surface area contributed by atoms with Gasteiger partial charge in [0.1, 0.15) is 0 Å². The average molecular weight is 187 g/mol. The molecule has 0 unspecified atom stereocenters. The van der Waals surface area contributed by atoms with Gasteiger partial charge in [0.25, 0.3) is 0 Å². The van der Waals surface area contributed by atoms with E-state index >= 15 is 0 Å². The predicted octanol–water partition coefficient (Wildman–Crippen LogP) is 1.82. The molecule has 0 rings (SSSR count). The first-order chi connectivity index (χ1) is 4.12. The zero-order valence-electron chi connectivity index (χ0n) is 4.29. The van der Waals surface area contributed by atoms with Crippen molar-refractivity contribution in [3.05, 3.63) is 21.9 Å². The minimum atomic E-state index is -3.31. The highest BCUT2D eigenvalue weighted by atomic mass is 35.5. The van der Waals surface area contributed by atoms with E-state index in [9.17, 15) is 8.42 Å². The van der Waals surface area contributed by atoms with Gasteiger partial charge >= 0.3 is 0 Å². The zero-order chi connectivity index (χ0) is 7.33. The monoisotopic (exact) mass is 186 g/mol. The Kier molecular flexibility index (Phi) is 3.93. The fourth-order valence-corrected chi connectivity index (χ4v) is 1.43. The summed E-state index contributed by atoms with van der Waals surface area (Å²) in [5, 5.41) is 1.68. The second-order valence-corrected chi connectivity index (χ2v) is 3.34. The second kappa shape index (κ2) is 3.93. The molecular formula is C4H4Cl2O2S. The molecule has 0 radical (unpaired) electrons. The molecule has 0 aliphatic carbocycles. The number of hydrogen-bond donors (Lipinski definition) is 0. The quantitative estimate of drug-likeness (QED) is 0.660. The third kappa shape index (κ3) is 4.51. The van der Waals surface area contributed by atoms with Gasteiger partial charge in [-0.1, -0.05) is 23.2 Å².